The summed E-state index contributed by atoms with van der Waals surface area (Å²) in [6.45, 7) is 0.494. The lowest BCUT2D eigenvalue weighted by Crippen LogP contribution is -2.01. The maximum atomic E-state index is 11.8. The van der Waals surface area contributed by atoms with Crippen LogP contribution in [0.25, 0.3) is 6.08 Å². The van der Waals surface area contributed by atoms with Crippen molar-refractivity contribution in [1.29, 1.82) is 0 Å². The minimum Gasteiger partial charge on any atom is -0.463 e. The molecule has 0 N–H and O–H groups in total. The Morgan fingerprint density at radius 3 is 2.78 bits per heavy atom. The number of hydrogen-bond donors (Lipinski definition) is 0. The van der Waals surface area contributed by atoms with Crippen LogP contribution in [0.3, 0.4) is 0 Å². The molecule has 0 atom stereocenters. The molecule has 138 valence electrons. The third-order valence-corrected chi connectivity index (χ3v) is 3.54. The predicted octanol–water partition coefficient (Wildman–Crippen LogP) is 2.46. The second-order valence-electron chi connectivity index (χ2n) is 5.53. The lowest BCUT2D eigenvalue weighted by Gasteiger charge is -1.99. The Morgan fingerprint density at radius 2 is 2.00 bits per heavy atom. The number of nitrogens with zero attached hydrogens (tertiary/aromatic N) is 3. The first-order valence-electron chi connectivity index (χ1n) is 8.10. The number of esters is 2. The highest BCUT2D eigenvalue weighted by molar-refractivity contribution is 5.87. The maximum Gasteiger partial charge on any atom is 0.373 e. The van der Waals surface area contributed by atoms with E-state index in [4.69, 9.17) is 9.15 Å². The second-order valence-corrected chi connectivity index (χ2v) is 5.53. The summed E-state index contributed by atoms with van der Waals surface area (Å²) in [6, 6.07) is 12.8. The van der Waals surface area contributed by atoms with Crippen molar-refractivity contribution >= 4 is 18.0 Å². The lowest BCUT2D eigenvalue weighted by atomic mass is 10.2. The molecular formula is C19H17N3O5. The van der Waals surface area contributed by atoms with Crippen LogP contribution in [-0.4, -0.2) is 34.0 Å². The van der Waals surface area contributed by atoms with E-state index >= 15 is 0 Å². The smallest absolute Gasteiger partial charge is 0.373 e. The first kappa shape index (κ1) is 18.1. The zero-order valence-electron chi connectivity index (χ0n) is 14.6. The van der Waals surface area contributed by atoms with Crippen molar-refractivity contribution in [3.05, 3.63) is 77.5 Å². The molecule has 0 saturated carbocycles. The van der Waals surface area contributed by atoms with Gasteiger partial charge in [-0.25, -0.2) is 14.3 Å². The van der Waals surface area contributed by atoms with Crippen LogP contribution >= 0.6 is 0 Å². The van der Waals surface area contributed by atoms with Gasteiger partial charge in [0.2, 0.25) is 5.76 Å². The quantitative estimate of drug-likeness (QED) is 0.467. The summed E-state index contributed by atoms with van der Waals surface area (Å²) in [5.74, 6) is -0.769. The van der Waals surface area contributed by atoms with Crippen LogP contribution in [0.2, 0.25) is 0 Å². The molecule has 0 amide bonds. The van der Waals surface area contributed by atoms with E-state index in [9.17, 15) is 9.59 Å². The first-order valence-corrected chi connectivity index (χ1v) is 8.10. The Bertz CT molecular complexity index is 943. The molecule has 3 aromatic rings. The Hall–Kier alpha value is -3.68. The number of ether oxygens (including phenoxy) is 2. The van der Waals surface area contributed by atoms with Gasteiger partial charge in [-0.2, -0.15) is 0 Å². The van der Waals surface area contributed by atoms with Gasteiger partial charge in [-0.05, 0) is 23.8 Å². The number of methoxy groups -OCH3 is 1. The molecule has 0 spiro atoms. The molecular weight excluding hydrogens is 350 g/mol. The van der Waals surface area contributed by atoms with Crippen molar-refractivity contribution in [3.63, 3.8) is 0 Å². The average Bonchev–Trinajstić information content (AvgIpc) is 3.34. The van der Waals surface area contributed by atoms with Gasteiger partial charge in [0.05, 0.1) is 19.9 Å². The molecule has 2 aromatic heterocycles. The number of hydrogen-bond acceptors (Lipinski definition) is 7. The van der Waals surface area contributed by atoms with Crippen molar-refractivity contribution in [1.82, 2.24) is 15.0 Å². The summed E-state index contributed by atoms with van der Waals surface area (Å²) in [4.78, 5) is 23.1. The number of carbonyl (C=O) groups excluding carboxylic acids is 2. The molecule has 0 bridgehead atoms. The van der Waals surface area contributed by atoms with Crippen LogP contribution in [0.1, 0.15) is 27.6 Å². The normalized spacial score (nSPS) is 10.9. The highest BCUT2D eigenvalue weighted by Gasteiger charge is 2.11. The van der Waals surface area contributed by atoms with Gasteiger partial charge >= 0.3 is 11.9 Å². The lowest BCUT2D eigenvalue weighted by molar-refractivity contribution is -0.139. The van der Waals surface area contributed by atoms with E-state index in [1.54, 1.807) is 16.9 Å². The summed E-state index contributed by atoms with van der Waals surface area (Å²) in [7, 11) is 1.26. The van der Waals surface area contributed by atoms with Gasteiger partial charge in [0.15, 0.2) is 0 Å². The van der Waals surface area contributed by atoms with Gasteiger partial charge in [0.1, 0.15) is 18.1 Å². The number of carbonyl (C=O) groups is 2. The van der Waals surface area contributed by atoms with Gasteiger partial charge in [-0.1, -0.05) is 35.5 Å². The summed E-state index contributed by atoms with van der Waals surface area (Å²) < 4.78 is 16.5. The zero-order chi connectivity index (χ0) is 19.1. The van der Waals surface area contributed by atoms with Gasteiger partial charge in [-0.15, -0.1) is 5.10 Å². The van der Waals surface area contributed by atoms with E-state index in [1.165, 1.54) is 25.3 Å². The van der Waals surface area contributed by atoms with Crippen LogP contribution in [0, 0.1) is 0 Å². The molecule has 0 fully saturated rings. The van der Waals surface area contributed by atoms with E-state index < -0.39 is 11.9 Å². The Labute approximate surface area is 155 Å². The summed E-state index contributed by atoms with van der Waals surface area (Å²) >= 11 is 0. The van der Waals surface area contributed by atoms with Crippen LogP contribution in [0.5, 0.6) is 0 Å². The molecule has 2 heterocycles. The zero-order valence-corrected chi connectivity index (χ0v) is 14.6. The molecule has 3 rings (SSSR count). The highest BCUT2D eigenvalue weighted by Crippen LogP contribution is 2.10. The Kier molecular flexibility index (Phi) is 5.78. The Balaban J connectivity index is 1.50. The largest absolute Gasteiger partial charge is 0.463 e. The van der Waals surface area contributed by atoms with E-state index in [-0.39, 0.29) is 12.4 Å². The molecule has 0 saturated heterocycles. The fourth-order valence-corrected chi connectivity index (χ4v) is 2.25. The summed E-state index contributed by atoms with van der Waals surface area (Å²) in [5.41, 5.74) is 1.64. The van der Waals surface area contributed by atoms with Crippen molar-refractivity contribution in [2.45, 2.75) is 13.2 Å². The fourth-order valence-electron chi connectivity index (χ4n) is 2.25. The maximum absolute atomic E-state index is 11.8. The van der Waals surface area contributed by atoms with Crippen LogP contribution in [0.15, 0.2) is 59.2 Å². The Morgan fingerprint density at radius 1 is 1.19 bits per heavy atom. The SMILES string of the molecule is COC(=O)c1ccc(COC(=O)/C=C/c2cn(Cc3ccccc3)nn2)o1. The molecule has 8 heteroatoms. The molecule has 8 nitrogen and oxygen atoms in total. The molecule has 0 aliphatic rings. The summed E-state index contributed by atoms with van der Waals surface area (Å²) in [6.07, 6.45) is 4.49. The third kappa shape index (κ3) is 5.15. The monoisotopic (exact) mass is 367 g/mol. The van der Waals surface area contributed by atoms with E-state index in [1.807, 2.05) is 30.3 Å². The van der Waals surface area contributed by atoms with Gasteiger partial charge < -0.3 is 13.9 Å². The number of aromatic nitrogens is 3. The third-order valence-electron chi connectivity index (χ3n) is 3.54. The van der Waals surface area contributed by atoms with Crippen LogP contribution in [0.4, 0.5) is 0 Å². The van der Waals surface area contributed by atoms with Crippen LogP contribution in [-0.2, 0) is 27.4 Å². The predicted molar refractivity (Wildman–Crippen MR) is 94.4 cm³/mol. The topological polar surface area (TPSA) is 96.5 Å². The molecule has 1 aromatic carbocycles. The highest BCUT2D eigenvalue weighted by atomic mass is 16.5. The molecule has 0 aliphatic heterocycles. The minimum absolute atomic E-state index is 0.0501. The van der Waals surface area contributed by atoms with E-state index in [2.05, 4.69) is 15.0 Å². The average molecular weight is 367 g/mol. The second kappa shape index (κ2) is 8.61. The van der Waals surface area contributed by atoms with Crippen molar-refractivity contribution in [3.8, 4) is 0 Å². The van der Waals surface area contributed by atoms with Crippen LogP contribution < -0.4 is 0 Å². The van der Waals surface area contributed by atoms with Gasteiger partial charge in [0.25, 0.3) is 0 Å². The first-order chi connectivity index (χ1) is 13.1. The minimum atomic E-state index is -0.592. The standard InChI is InChI=1S/C19H17N3O5/c1-25-19(24)17-9-8-16(27-17)13-26-18(23)10-7-15-12-22(21-20-15)11-14-5-3-2-4-6-14/h2-10,12H,11,13H2,1H3/b10-7+. The van der Waals surface area contributed by atoms with Gasteiger partial charge in [-0.3, -0.25) is 0 Å². The number of furan rings is 1. The van der Waals surface area contributed by atoms with E-state index in [0.717, 1.165) is 5.56 Å². The van der Waals surface area contributed by atoms with Gasteiger partial charge in [0, 0.05) is 6.08 Å². The number of rotatable bonds is 7. The van der Waals surface area contributed by atoms with E-state index in [0.29, 0.717) is 18.0 Å². The fraction of sp³-hybridized carbons (Fsp3) is 0.158. The van der Waals surface area contributed by atoms with Crippen molar-refractivity contribution < 1.29 is 23.5 Å². The molecule has 27 heavy (non-hydrogen) atoms. The molecule has 0 aliphatic carbocycles. The van der Waals surface area contributed by atoms with Crippen molar-refractivity contribution in [2.24, 2.45) is 0 Å². The molecule has 0 radical (unpaired) electrons. The molecule has 0 unspecified atom stereocenters. The van der Waals surface area contributed by atoms with Crippen molar-refractivity contribution in [2.75, 3.05) is 7.11 Å². The number of benzene rings is 1. The summed E-state index contributed by atoms with van der Waals surface area (Å²) in [5, 5.41) is 8.00.